The van der Waals surface area contributed by atoms with Crippen LogP contribution >= 0.6 is 0 Å². The van der Waals surface area contributed by atoms with Crippen LogP contribution in [0.2, 0.25) is 0 Å². The molecule has 2 rings (SSSR count). The van der Waals surface area contributed by atoms with Crippen LogP contribution in [0.15, 0.2) is 12.1 Å². The van der Waals surface area contributed by atoms with Crippen molar-refractivity contribution in [2.75, 3.05) is 20.8 Å². The van der Waals surface area contributed by atoms with Gasteiger partial charge in [0, 0.05) is 19.5 Å². The van der Waals surface area contributed by atoms with Gasteiger partial charge in [-0.3, -0.25) is 4.79 Å². The quantitative estimate of drug-likeness (QED) is 0.837. The third-order valence-corrected chi connectivity index (χ3v) is 4.66. The maximum atomic E-state index is 12.5. The number of fused-ring (bicyclic) bond motifs is 1. The molecule has 1 aromatic carbocycles. The molecule has 0 bridgehead atoms. The second-order valence-corrected chi connectivity index (χ2v) is 6.74. The Kier molecular flexibility index (Phi) is 4.99. The number of rotatable bonds is 5. The summed E-state index contributed by atoms with van der Waals surface area (Å²) in [5.41, 5.74) is 2.47. The molecule has 122 valence electrons. The van der Waals surface area contributed by atoms with Crippen LogP contribution < -0.4 is 9.47 Å². The zero-order chi connectivity index (χ0) is 16.3. The van der Waals surface area contributed by atoms with E-state index >= 15 is 0 Å². The lowest BCUT2D eigenvalue weighted by Crippen LogP contribution is -2.38. The molecule has 0 atom stereocenters. The Labute approximate surface area is 133 Å². The lowest BCUT2D eigenvalue weighted by molar-refractivity contribution is -0.134. The molecule has 4 heteroatoms. The molecule has 22 heavy (non-hydrogen) atoms. The van der Waals surface area contributed by atoms with Crippen molar-refractivity contribution in [1.82, 2.24) is 4.90 Å². The summed E-state index contributed by atoms with van der Waals surface area (Å²) in [4.78, 5) is 14.5. The molecule has 4 nitrogen and oxygen atoms in total. The molecule has 0 saturated heterocycles. The molecule has 0 radical (unpaired) electrons. The zero-order valence-corrected chi connectivity index (χ0v) is 14.4. The maximum absolute atomic E-state index is 12.5. The third-order valence-electron chi connectivity index (χ3n) is 4.66. The predicted octanol–water partition coefficient (Wildman–Crippen LogP) is 3.41. The number of hydrogen-bond acceptors (Lipinski definition) is 3. The molecule has 0 aromatic heterocycles. The smallest absolute Gasteiger partial charge is 0.223 e. The van der Waals surface area contributed by atoms with Crippen molar-refractivity contribution in [1.29, 1.82) is 0 Å². The van der Waals surface area contributed by atoms with Crippen LogP contribution in [-0.2, 0) is 17.8 Å². The Morgan fingerprint density at radius 3 is 2.32 bits per heavy atom. The Morgan fingerprint density at radius 2 is 1.77 bits per heavy atom. The van der Waals surface area contributed by atoms with E-state index in [0.29, 0.717) is 13.0 Å². The first-order chi connectivity index (χ1) is 10.4. The normalized spacial score (nSPS) is 14.5. The van der Waals surface area contributed by atoms with E-state index in [-0.39, 0.29) is 11.3 Å². The van der Waals surface area contributed by atoms with Crippen molar-refractivity contribution in [2.45, 2.75) is 46.6 Å². The van der Waals surface area contributed by atoms with Gasteiger partial charge in [-0.15, -0.1) is 0 Å². The van der Waals surface area contributed by atoms with E-state index in [1.54, 1.807) is 14.2 Å². The van der Waals surface area contributed by atoms with Crippen molar-refractivity contribution in [2.24, 2.45) is 5.41 Å². The highest BCUT2D eigenvalue weighted by Gasteiger charge is 2.27. The molecule has 1 aliphatic rings. The molecule has 1 aromatic rings. The summed E-state index contributed by atoms with van der Waals surface area (Å²) in [5.74, 6) is 1.73. The van der Waals surface area contributed by atoms with Crippen molar-refractivity contribution in [3.63, 3.8) is 0 Å². The number of hydrogen-bond donors (Lipinski definition) is 0. The van der Waals surface area contributed by atoms with Crippen molar-refractivity contribution >= 4 is 5.91 Å². The minimum atomic E-state index is 0.0644. The van der Waals surface area contributed by atoms with Gasteiger partial charge in [-0.25, -0.2) is 0 Å². The standard InChI is InChI=1S/C18H27NO3/c1-6-18(2,3)11-17(20)19-8-7-13-9-15(21-4)16(22-5)10-14(13)12-19/h9-10H,6-8,11-12H2,1-5H3. The first-order valence-corrected chi connectivity index (χ1v) is 7.91. The van der Waals surface area contributed by atoms with Gasteiger partial charge in [-0.2, -0.15) is 0 Å². The van der Waals surface area contributed by atoms with Crippen LogP contribution in [-0.4, -0.2) is 31.6 Å². The van der Waals surface area contributed by atoms with Gasteiger partial charge in [-0.05, 0) is 35.1 Å². The molecule has 0 unspecified atom stereocenters. The average Bonchev–Trinajstić information content (AvgIpc) is 2.52. The van der Waals surface area contributed by atoms with E-state index in [4.69, 9.17) is 9.47 Å². The number of amides is 1. The number of carbonyl (C=O) groups excluding carboxylic acids is 1. The van der Waals surface area contributed by atoms with Gasteiger partial charge < -0.3 is 14.4 Å². The summed E-state index contributed by atoms with van der Waals surface area (Å²) in [7, 11) is 3.29. The summed E-state index contributed by atoms with van der Waals surface area (Å²) < 4.78 is 10.7. The zero-order valence-electron chi connectivity index (χ0n) is 14.4. The number of ether oxygens (including phenoxy) is 2. The molecule has 0 spiro atoms. The predicted molar refractivity (Wildman–Crippen MR) is 87.4 cm³/mol. The SMILES string of the molecule is CCC(C)(C)CC(=O)N1CCc2cc(OC)c(OC)cc2C1. The van der Waals surface area contributed by atoms with E-state index in [0.717, 1.165) is 36.4 Å². The average molecular weight is 305 g/mol. The highest BCUT2D eigenvalue weighted by atomic mass is 16.5. The molecular formula is C18H27NO3. The highest BCUT2D eigenvalue weighted by Crippen LogP contribution is 2.34. The third kappa shape index (κ3) is 3.54. The maximum Gasteiger partial charge on any atom is 0.223 e. The second-order valence-electron chi connectivity index (χ2n) is 6.74. The summed E-state index contributed by atoms with van der Waals surface area (Å²) in [6.45, 7) is 7.87. The van der Waals surface area contributed by atoms with Gasteiger partial charge in [-0.1, -0.05) is 27.2 Å². The van der Waals surface area contributed by atoms with Crippen molar-refractivity contribution < 1.29 is 14.3 Å². The van der Waals surface area contributed by atoms with Gasteiger partial charge in [0.05, 0.1) is 14.2 Å². The van der Waals surface area contributed by atoms with Crippen LogP contribution in [0.25, 0.3) is 0 Å². The van der Waals surface area contributed by atoms with Gasteiger partial charge in [0.2, 0.25) is 5.91 Å². The Hall–Kier alpha value is -1.71. The summed E-state index contributed by atoms with van der Waals surface area (Å²) >= 11 is 0. The summed E-state index contributed by atoms with van der Waals surface area (Å²) in [6.07, 6.45) is 2.48. The van der Waals surface area contributed by atoms with E-state index < -0.39 is 0 Å². The Morgan fingerprint density at radius 1 is 1.18 bits per heavy atom. The van der Waals surface area contributed by atoms with Gasteiger partial charge in [0.25, 0.3) is 0 Å². The fraction of sp³-hybridized carbons (Fsp3) is 0.611. The molecule has 1 aliphatic heterocycles. The largest absolute Gasteiger partial charge is 0.493 e. The fourth-order valence-corrected chi connectivity index (χ4v) is 2.74. The molecule has 0 N–H and O–H groups in total. The molecule has 0 aliphatic carbocycles. The Balaban J connectivity index is 2.16. The van der Waals surface area contributed by atoms with Crippen LogP contribution in [0, 0.1) is 5.41 Å². The highest BCUT2D eigenvalue weighted by molar-refractivity contribution is 5.77. The minimum absolute atomic E-state index is 0.0644. The number of benzene rings is 1. The van der Waals surface area contributed by atoms with Crippen LogP contribution in [0.3, 0.4) is 0 Å². The van der Waals surface area contributed by atoms with E-state index in [1.165, 1.54) is 5.56 Å². The molecular weight excluding hydrogens is 278 g/mol. The van der Waals surface area contributed by atoms with Crippen LogP contribution in [0.1, 0.15) is 44.7 Å². The molecule has 0 saturated carbocycles. The number of nitrogens with zero attached hydrogens (tertiary/aromatic N) is 1. The second kappa shape index (κ2) is 6.59. The van der Waals surface area contributed by atoms with E-state index in [9.17, 15) is 4.79 Å². The van der Waals surface area contributed by atoms with E-state index in [1.807, 2.05) is 17.0 Å². The fourth-order valence-electron chi connectivity index (χ4n) is 2.74. The van der Waals surface area contributed by atoms with E-state index in [2.05, 4.69) is 20.8 Å². The lowest BCUT2D eigenvalue weighted by atomic mass is 9.85. The first-order valence-electron chi connectivity index (χ1n) is 7.91. The van der Waals surface area contributed by atoms with Gasteiger partial charge >= 0.3 is 0 Å². The van der Waals surface area contributed by atoms with Crippen molar-refractivity contribution in [3.8, 4) is 11.5 Å². The number of carbonyl (C=O) groups is 1. The Bertz CT molecular complexity index is 552. The van der Waals surface area contributed by atoms with Crippen molar-refractivity contribution in [3.05, 3.63) is 23.3 Å². The van der Waals surface area contributed by atoms with Crippen LogP contribution in [0.5, 0.6) is 11.5 Å². The monoisotopic (exact) mass is 305 g/mol. The van der Waals surface area contributed by atoms with Crippen LogP contribution in [0.4, 0.5) is 0 Å². The molecule has 0 fully saturated rings. The first kappa shape index (κ1) is 16.7. The van der Waals surface area contributed by atoms with Gasteiger partial charge in [0.1, 0.15) is 0 Å². The lowest BCUT2D eigenvalue weighted by Gasteiger charge is -2.32. The summed E-state index contributed by atoms with van der Waals surface area (Å²) in [6, 6.07) is 4.03. The minimum Gasteiger partial charge on any atom is -0.493 e. The molecule has 1 amide bonds. The summed E-state index contributed by atoms with van der Waals surface area (Å²) in [5, 5.41) is 0. The topological polar surface area (TPSA) is 38.8 Å². The molecule has 1 heterocycles. The van der Waals surface area contributed by atoms with Gasteiger partial charge in [0.15, 0.2) is 11.5 Å². The number of methoxy groups -OCH3 is 2.